The standard InChI is InChI=1S/C27H35N3O9/c1-33-17-37-21-15-23(32)27(26(16-21)39-19-35-3)22(31)10-8-20-9-11-24(38-18-34-2)25(14-20)36-13-7-5-4-6-12-29-30-28/h8-11,14-16,32H,4-7,12-13,17-19H2,1-3H3/b10-8+. The van der Waals surface area contributed by atoms with E-state index in [-0.39, 0.29) is 43.2 Å². The van der Waals surface area contributed by atoms with E-state index in [0.29, 0.717) is 30.2 Å². The molecule has 0 bridgehead atoms. The van der Waals surface area contributed by atoms with Crippen molar-refractivity contribution in [1.82, 2.24) is 0 Å². The van der Waals surface area contributed by atoms with Crippen LogP contribution in [0.4, 0.5) is 0 Å². The fraction of sp³-hybridized carbons (Fsp3) is 0.444. The molecular weight excluding hydrogens is 510 g/mol. The Hall–Kier alpha value is -3.96. The Bertz CT molecular complexity index is 1120. The van der Waals surface area contributed by atoms with Crippen molar-refractivity contribution in [2.75, 3.05) is 54.9 Å². The van der Waals surface area contributed by atoms with E-state index in [1.165, 1.54) is 39.5 Å². The predicted octanol–water partition coefficient (Wildman–Crippen LogP) is 5.49. The van der Waals surface area contributed by atoms with Gasteiger partial charge in [-0.05, 0) is 42.1 Å². The maximum Gasteiger partial charge on any atom is 0.193 e. The number of benzene rings is 2. The lowest BCUT2D eigenvalue weighted by Gasteiger charge is -2.14. The van der Waals surface area contributed by atoms with Crippen LogP contribution >= 0.6 is 0 Å². The molecule has 1 N–H and O–H groups in total. The van der Waals surface area contributed by atoms with Gasteiger partial charge in [-0.1, -0.05) is 30.1 Å². The number of hydrogen-bond donors (Lipinski definition) is 1. The number of methoxy groups -OCH3 is 3. The molecule has 2 aromatic rings. The summed E-state index contributed by atoms with van der Waals surface area (Å²) in [7, 11) is 4.43. The molecule has 0 radical (unpaired) electrons. The number of ether oxygens (including phenoxy) is 7. The van der Waals surface area contributed by atoms with Gasteiger partial charge in [0, 0.05) is 44.9 Å². The largest absolute Gasteiger partial charge is 0.507 e. The zero-order chi connectivity index (χ0) is 28.3. The molecule has 0 amide bonds. The van der Waals surface area contributed by atoms with Crippen molar-refractivity contribution in [3.63, 3.8) is 0 Å². The number of carbonyl (C=O) groups is 1. The van der Waals surface area contributed by atoms with Crippen molar-refractivity contribution in [2.45, 2.75) is 25.7 Å². The molecule has 12 nitrogen and oxygen atoms in total. The molecule has 0 spiro atoms. The van der Waals surface area contributed by atoms with Crippen LogP contribution in [0.2, 0.25) is 0 Å². The molecule has 0 aliphatic heterocycles. The second-order valence-electron chi connectivity index (χ2n) is 8.09. The Balaban J connectivity index is 2.15. The van der Waals surface area contributed by atoms with Gasteiger partial charge < -0.3 is 38.3 Å². The number of azide groups is 1. The molecule has 0 fully saturated rings. The summed E-state index contributed by atoms with van der Waals surface area (Å²) in [5, 5.41) is 14.1. The lowest BCUT2D eigenvalue weighted by atomic mass is 10.1. The van der Waals surface area contributed by atoms with Gasteiger partial charge in [-0.25, -0.2) is 0 Å². The number of rotatable bonds is 20. The molecule has 12 heteroatoms. The number of nitrogens with zero attached hydrogens (tertiary/aromatic N) is 3. The first kappa shape index (κ1) is 31.3. The average Bonchev–Trinajstić information content (AvgIpc) is 2.94. The second-order valence-corrected chi connectivity index (χ2v) is 8.09. The Morgan fingerprint density at radius 3 is 2.28 bits per heavy atom. The van der Waals surface area contributed by atoms with Crippen molar-refractivity contribution in [1.29, 1.82) is 0 Å². The molecule has 0 heterocycles. The van der Waals surface area contributed by atoms with Gasteiger partial charge in [0.1, 0.15) is 22.8 Å². The van der Waals surface area contributed by atoms with Gasteiger partial charge in [0.05, 0.1) is 6.61 Å². The normalized spacial score (nSPS) is 10.7. The smallest absolute Gasteiger partial charge is 0.193 e. The lowest BCUT2D eigenvalue weighted by molar-refractivity contribution is 0.0453. The monoisotopic (exact) mass is 545 g/mol. The maximum atomic E-state index is 13.0. The third-order valence-corrected chi connectivity index (χ3v) is 5.18. The molecule has 0 saturated heterocycles. The van der Waals surface area contributed by atoms with Crippen molar-refractivity contribution < 1.29 is 43.1 Å². The zero-order valence-electron chi connectivity index (χ0n) is 22.5. The van der Waals surface area contributed by atoms with Gasteiger partial charge in [0.25, 0.3) is 0 Å². The Morgan fingerprint density at radius 1 is 0.872 bits per heavy atom. The third kappa shape index (κ3) is 11.1. The van der Waals surface area contributed by atoms with Crippen LogP contribution in [0, 0.1) is 0 Å². The summed E-state index contributed by atoms with van der Waals surface area (Å²) in [6, 6.07) is 8.03. The van der Waals surface area contributed by atoms with Crippen LogP contribution in [0.1, 0.15) is 41.6 Å². The molecule has 2 aromatic carbocycles. The van der Waals surface area contributed by atoms with E-state index in [1.807, 2.05) is 0 Å². The van der Waals surface area contributed by atoms with Gasteiger partial charge in [-0.3, -0.25) is 4.79 Å². The highest BCUT2D eigenvalue weighted by molar-refractivity contribution is 6.10. The van der Waals surface area contributed by atoms with Crippen molar-refractivity contribution >= 4 is 11.9 Å². The number of aromatic hydroxyl groups is 1. The van der Waals surface area contributed by atoms with Crippen LogP contribution in [0.5, 0.6) is 28.7 Å². The van der Waals surface area contributed by atoms with E-state index >= 15 is 0 Å². The average molecular weight is 546 g/mol. The maximum absolute atomic E-state index is 13.0. The molecule has 212 valence electrons. The number of phenols is 1. The van der Waals surface area contributed by atoms with Gasteiger partial charge in [0.15, 0.2) is 37.7 Å². The molecule has 0 atom stereocenters. The highest BCUT2D eigenvalue weighted by Gasteiger charge is 2.18. The Morgan fingerprint density at radius 2 is 1.56 bits per heavy atom. The van der Waals surface area contributed by atoms with Crippen LogP contribution in [-0.4, -0.2) is 65.7 Å². The first-order valence-electron chi connectivity index (χ1n) is 12.3. The SMILES string of the molecule is COCOc1cc(O)c(C(=O)/C=C/c2ccc(OCOC)c(OCCCCCCN=[N+]=[N-])c2)c(OCOC)c1. The number of phenolic OH excluding ortho intramolecular Hbond substituents is 1. The number of carbonyl (C=O) groups excluding carboxylic acids is 1. The van der Waals surface area contributed by atoms with E-state index in [0.717, 1.165) is 25.7 Å². The molecule has 0 saturated carbocycles. The summed E-state index contributed by atoms with van der Waals surface area (Å²) in [4.78, 5) is 15.8. The fourth-order valence-corrected chi connectivity index (χ4v) is 3.37. The van der Waals surface area contributed by atoms with Gasteiger partial charge >= 0.3 is 0 Å². The highest BCUT2D eigenvalue weighted by atomic mass is 16.7. The van der Waals surface area contributed by atoms with Crippen molar-refractivity contribution in [3.05, 3.63) is 58.0 Å². The summed E-state index contributed by atoms with van der Waals surface area (Å²) < 4.78 is 37.2. The minimum atomic E-state index is -0.486. The Kier molecular flexibility index (Phi) is 14.7. The topological polar surface area (TPSA) is 151 Å². The molecule has 0 unspecified atom stereocenters. The second kappa shape index (κ2) is 18.3. The summed E-state index contributed by atoms with van der Waals surface area (Å²) in [6.45, 7) is 0.833. The summed E-state index contributed by atoms with van der Waals surface area (Å²) in [5.41, 5.74) is 8.97. The number of allylic oxidation sites excluding steroid dienone is 1. The summed E-state index contributed by atoms with van der Waals surface area (Å²) >= 11 is 0. The number of ketones is 1. The molecular formula is C27H35N3O9. The lowest BCUT2D eigenvalue weighted by Crippen LogP contribution is -2.07. The fourth-order valence-electron chi connectivity index (χ4n) is 3.37. The van der Waals surface area contributed by atoms with E-state index in [1.54, 1.807) is 24.3 Å². The molecule has 2 rings (SSSR count). The first-order valence-corrected chi connectivity index (χ1v) is 12.3. The molecule has 0 aliphatic rings. The molecule has 39 heavy (non-hydrogen) atoms. The molecule has 0 aromatic heterocycles. The van der Waals surface area contributed by atoms with Gasteiger partial charge in [0.2, 0.25) is 0 Å². The van der Waals surface area contributed by atoms with Crippen LogP contribution in [0.3, 0.4) is 0 Å². The van der Waals surface area contributed by atoms with Gasteiger partial charge in [-0.2, -0.15) is 0 Å². The van der Waals surface area contributed by atoms with Gasteiger partial charge in [-0.15, -0.1) is 0 Å². The summed E-state index contributed by atoms with van der Waals surface area (Å²) in [5.74, 6) is 0.580. The predicted molar refractivity (Wildman–Crippen MR) is 143 cm³/mol. The zero-order valence-corrected chi connectivity index (χ0v) is 22.5. The number of unbranched alkanes of at least 4 members (excludes halogenated alkanes) is 3. The Labute approximate surface area is 227 Å². The highest BCUT2D eigenvalue weighted by Crippen LogP contribution is 2.35. The molecule has 0 aliphatic carbocycles. The van der Waals surface area contributed by atoms with Crippen LogP contribution in [0.25, 0.3) is 16.5 Å². The van der Waals surface area contributed by atoms with Crippen LogP contribution < -0.4 is 18.9 Å². The van der Waals surface area contributed by atoms with E-state index in [9.17, 15) is 9.90 Å². The van der Waals surface area contributed by atoms with E-state index < -0.39 is 5.78 Å². The van der Waals surface area contributed by atoms with Crippen LogP contribution in [-0.2, 0) is 14.2 Å². The van der Waals surface area contributed by atoms with E-state index in [4.69, 9.17) is 38.7 Å². The third-order valence-electron chi connectivity index (χ3n) is 5.18. The quantitative estimate of drug-likeness (QED) is 0.0433. The van der Waals surface area contributed by atoms with Crippen LogP contribution in [0.15, 0.2) is 41.5 Å². The minimum absolute atomic E-state index is 0.0370. The summed E-state index contributed by atoms with van der Waals surface area (Å²) in [6.07, 6.45) is 6.42. The number of hydrogen-bond acceptors (Lipinski definition) is 10. The van der Waals surface area contributed by atoms with Crippen molar-refractivity contribution in [3.8, 4) is 28.7 Å². The first-order chi connectivity index (χ1) is 19.0. The minimum Gasteiger partial charge on any atom is -0.507 e. The van der Waals surface area contributed by atoms with Crippen molar-refractivity contribution in [2.24, 2.45) is 5.11 Å². The van der Waals surface area contributed by atoms with E-state index in [2.05, 4.69) is 10.0 Å².